The van der Waals surface area contributed by atoms with E-state index in [0.29, 0.717) is 5.56 Å². The second-order valence-corrected chi connectivity index (χ2v) is 2.74. The fraction of sp³-hybridized carbons (Fsp3) is 0.222. The number of carbonyl (C=O) groups is 1. The van der Waals surface area contributed by atoms with E-state index in [2.05, 4.69) is 0 Å². The maximum atomic E-state index is 12.7. The molecule has 0 radical (unpaired) electrons. The minimum absolute atomic E-state index is 0.0903. The van der Waals surface area contributed by atoms with E-state index in [1.54, 1.807) is 6.92 Å². The summed E-state index contributed by atoms with van der Waals surface area (Å²) in [7, 11) is 0. The van der Waals surface area contributed by atoms with Crippen LogP contribution in [0.15, 0.2) is 18.2 Å². The van der Waals surface area contributed by atoms with E-state index >= 15 is 0 Å². The van der Waals surface area contributed by atoms with Crippen LogP contribution in [0.2, 0.25) is 0 Å². The van der Waals surface area contributed by atoms with Gasteiger partial charge >= 0.3 is 5.97 Å². The van der Waals surface area contributed by atoms with Crippen LogP contribution in [-0.2, 0) is 4.79 Å². The molecule has 0 saturated carbocycles. The first kappa shape index (κ1) is 9.67. The molecule has 2 N–H and O–H groups in total. The van der Waals surface area contributed by atoms with Gasteiger partial charge in [-0.2, -0.15) is 0 Å². The second-order valence-electron chi connectivity index (χ2n) is 2.74. The number of hydrogen-bond acceptors (Lipinski definition) is 2. The number of carboxylic acid groups (broad SMARTS) is 1. The standard InChI is InChI=1S/C9H9FO3/c1-5-2-3-6(10)4-7(5)8(11)9(12)13/h2-4,8,11H,1H3,(H,12,13)/t8-/m1/s1. The Morgan fingerprint density at radius 2 is 2.15 bits per heavy atom. The van der Waals surface area contributed by atoms with Gasteiger partial charge in [0.25, 0.3) is 0 Å². The summed E-state index contributed by atoms with van der Waals surface area (Å²) in [5.41, 5.74) is 0.642. The van der Waals surface area contributed by atoms with Gasteiger partial charge in [-0.25, -0.2) is 9.18 Å². The van der Waals surface area contributed by atoms with Gasteiger partial charge in [0.05, 0.1) is 0 Å². The number of carboxylic acids is 1. The average Bonchev–Trinajstić information content (AvgIpc) is 2.08. The molecule has 0 heterocycles. The van der Waals surface area contributed by atoms with E-state index in [1.807, 2.05) is 0 Å². The smallest absolute Gasteiger partial charge is 0.337 e. The van der Waals surface area contributed by atoms with Crippen molar-refractivity contribution in [1.29, 1.82) is 0 Å². The molecule has 0 aliphatic heterocycles. The summed E-state index contributed by atoms with van der Waals surface area (Å²) in [4.78, 5) is 10.4. The largest absolute Gasteiger partial charge is 0.479 e. The van der Waals surface area contributed by atoms with E-state index in [4.69, 9.17) is 10.2 Å². The van der Waals surface area contributed by atoms with Crippen molar-refractivity contribution in [2.45, 2.75) is 13.0 Å². The molecule has 1 aromatic rings. The van der Waals surface area contributed by atoms with Gasteiger partial charge in [0.2, 0.25) is 0 Å². The molecule has 0 aliphatic rings. The maximum absolute atomic E-state index is 12.7. The number of aliphatic hydroxyl groups is 1. The number of aryl methyl sites for hydroxylation is 1. The first-order valence-electron chi connectivity index (χ1n) is 3.69. The molecule has 0 amide bonds. The van der Waals surface area contributed by atoms with Crippen molar-refractivity contribution >= 4 is 5.97 Å². The Morgan fingerprint density at radius 1 is 1.54 bits per heavy atom. The molecular weight excluding hydrogens is 175 g/mol. The van der Waals surface area contributed by atoms with E-state index in [1.165, 1.54) is 12.1 Å². The number of aliphatic hydroxyl groups excluding tert-OH is 1. The van der Waals surface area contributed by atoms with Gasteiger partial charge in [-0.3, -0.25) is 0 Å². The highest BCUT2D eigenvalue weighted by Crippen LogP contribution is 2.18. The van der Waals surface area contributed by atoms with Crippen molar-refractivity contribution in [3.8, 4) is 0 Å². The zero-order chi connectivity index (χ0) is 10.0. The first-order valence-corrected chi connectivity index (χ1v) is 3.69. The summed E-state index contributed by atoms with van der Waals surface area (Å²) >= 11 is 0. The van der Waals surface area contributed by atoms with Crippen molar-refractivity contribution in [2.24, 2.45) is 0 Å². The minimum atomic E-state index is -1.66. The Balaban J connectivity index is 3.12. The van der Waals surface area contributed by atoms with Crippen LogP contribution in [0.3, 0.4) is 0 Å². The van der Waals surface area contributed by atoms with Gasteiger partial charge in [0, 0.05) is 0 Å². The van der Waals surface area contributed by atoms with Crippen LogP contribution in [0.5, 0.6) is 0 Å². The second kappa shape index (κ2) is 3.53. The van der Waals surface area contributed by atoms with Gasteiger partial charge in [-0.1, -0.05) is 6.07 Å². The summed E-state index contributed by atoms with van der Waals surface area (Å²) in [5, 5.41) is 17.6. The number of halogens is 1. The highest BCUT2D eigenvalue weighted by Gasteiger charge is 2.18. The van der Waals surface area contributed by atoms with E-state index in [9.17, 15) is 9.18 Å². The Morgan fingerprint density at radius 3 is 2.69 bits per heavy atom. The van der Waals surface area contributed by atoms with Gasteiger partial charge in [-0.15, -0.1) is 0 Å². The lowest BCUT2D eigenvalue weighted by Gasteiger charge is -2.08. The van der Waals surface area contributed by atoms with Crippen LogP contribution < -0.4 is 0 Å². The zero-order valence-electron chi connectivity index (χ0n) is 6.99. The van der Waals surface area contributed by atoms with Crippen LogP contribution in [0.1, 0.15) is 17.2 Å². The Hall–Kier alpha value is -1.42. The van der Waals surface area contributed by atoms with E-state index in [0.717, 1.165) is 6.07 Å². The number of rotatable bonds is 2. The Labute approximate surface area is 74.4 Å². The van der Waals surface area contributed by atoms with Crippen molar-refractivity contribution < 1.29 is 19.4 Å². The summed E-state index contributed by atoms with van der Waals surface area (Å²) in [5.74, 6) is -1.94. The highest BCUT2D eigenvalue weighted by atomic mass is 19.1. The molecule has 3 nitrogen and oxygen atoms in total. The molecule has 0 aromatic heterocycles. The lowest BCUT2D eigenvalue weighted by atomic mass is 10.0. The molecule has 13 heavy (non-hydrogen) atoms. The summed E-state index contributed by atoms with van der Waals surface area (Å²) in [6.45, 7) is 1.61. The molecule has 70 valence electrons. The number of aliphatic carboxylic acids is 1. The Bertz CT molecular complexity index is 336. The Kier molecular flexibility index (Phi) is 2.63. The predicted molar refractivity (Wildman–Crippen MR) is 43.7 cm³/mol. The summed E-state index contributed by atoms with van der Waals surface area (Å²) in [6.07, 6.45) is -1.66. The molecule has 4 heteroatoms. The predicted octanol–water partition coefficient (Wildman–Crippen LogP) is 1.25. The van der Waals surface area contributed by atoms with Crippen LogP contribution in [-0.4, -0.2) is 16.2 Å². The molecule has 0 saturated heterocycles. The molecule has 0 spiro atoms. The fourth-order valence-corrected chi connectivity index (χ4v) is 1.04. The van der Waals surface area contributed by atoms with E-state index in [-0.39, 0.29) is 5.56 Å². The molecule has 0 aliphatic carbocycles. The fourth-order valence-electron chi connectivity index (χ4n) is 1.04. The van der Waals surface area contributed by atoms with Crippen LogP contribution in [0.25, 0.3) is 0 Å². The monoisotopic (exact) mass is 184 g/mol. The van der Waals surface area contributed by atoms with Crippen LogP contribution >= 0.6 is 0 Å². The lowest BCUT2D eigenvalue weighted by molar-refractivity contribution is -0.147. The van der Waals surface area contributed by atoms with Crippen molar-refractivity contribution in [3.05, 3.63) is 35.1 Å². The van der Waals surface area contributed by atoms with E-state index < -0.39 is 17.9 Å². The van der Waals surface area contributed by atoms with Gasteiger partial charge < -0.3 is 10.2 Å². The molecule has 1 atom stereocenters. The SMILES string of the molecule is Cc1ccc(F)cc1[C@@H](O)C(=O)O. The topological polar surface area (TPSA) is 57.5 Å². The first-order chi connectivity index (χ1) is 6.02. The third kappa shape index (κ3) is 2.03. The van der Waals surface area contributed by atoms with Crippen molar-refractivity contribution in [3.63, 3.8) is 0 Å². The number of hydrogen-bond donors (Lipinski definition) is 2. The summed E-state index contributed by atoms with van der Waals surface area (Å²) < 4.78 is 12.7. The van der Waals surface area contributed by atoms with Crippen molar-refractivity contribution in [1.82, 2.24) is 0 Å². The van der Waals surface area contributed by atoms with Crippen LogP contribution in [0, 0.1) is 12.7 Å². The molecule has 0 unspecified atom stereocenters. The maximum Gasteiger partial charge on any atom is 0.337 e. The average molecular weight is 184 g/mol. The van der Waals surface area contributed by atoms with Gasteiger partial charge in [0.15, 0.2) is 6.10 Å². The normalized spacial score (nSPS) is 12.5. The molecule has 0 fully saturated rings. The lowest BCUT2D eigenvalue weighted by Crippen LogP contribution is -2.12. The van der Waals surface area contributed by atoms with Crippen LogP contribution in [0.4, 0.5) is 4.39 Å². The van der Waals surface area contributed by atoms with Gasteiger partial charge in [0.1, 0.15) is 5.82 Å². The number of benzene rings is 1. The quantitative estimate of drug-likeness (QED) is 0.727. The molecular formula is C9H9FO3. The minimum Gasteiger partial charge on any atom is -0.479 e. The van der Waals surface area contributed by atoms with Crippen molar-refractivity contribution in [2.75, 3.05) is 0 Å². The molecule has 0 bridgehead atoms. The molecule has 1 aromatic carbocycles. The third-order valence-electron chi connectivity index (χ3n) is 1.77. The van der Waals surface area contributed by atoms with Gasteiger partial charge in [-0.05, 0) is 30.2 Å². The highest BCUT2D eigenvalue weighted by molar-refractivity contribution is 5.74. The molecule has 1 rings (SSSR count). The zero-order valence-corrected chi connectivity index (χ0v) is 6.99. The third-order valence-corrected chi connectivity index (χ3v) is 1.77. The summed E-state index contributed by atoms with van der Waals surface area (Å²) in [6, 6.07) is 3.67.